The molecule has 1 saturated heterocycles. The first-order valence-corrected chi connectivity index (χ1v) is 5.34. The number of carbonyl (C=O) groups is 2. The van der Waals surface area contributed by atoms with E-state index < -0.39 is 17.9 Å². The van der Waals surface area contributed by atoms with Crippen molar-refractivity contribution in [1.29, 1.82) is 0 Å². The number of morpholine rings is 1. The van der Waals surface area contributed by atoms with Crippen molar-refractivity contribution >= 4 is 23.5 Å². The molecular formula is C10H10ClNO5. The van der Waals surface area contributed by atoms with Crippen LogP contribution in [-0.4, -0.2) is 47.7 Å². The molecule has 1 aliphatic rings. The maximum Gasteiger partial charge on any atom is 0.328 e. The predicted molar refractivity (Wildman–Crippen MR) is 57.0 cm³/mol. The lowest BCUT2D eigenvalue weighted by Gasteiger charge is -2.32. The molecule has 1 unspecified atom stereocenters. The van der Waals surface area contributed by atoms with Crippen molar-refractivity contribution in [3.05, 3.63) is 23.1 Å². The number of nitrogens with zero attached hydrogens (tertiary/aromatic N) is 1. The van der Waals surface area contributed by atoms with Gasteiger partial charge in [-0.3, -0.25) is 4.79 Å². The van der Waals surface area contributed by atoms with Crippen molar-refractivity contribution in [1.82, 2.24) is 4.90 Å². The largest absolute Gasteiger partial charge is 0.480 e. The molecule has 0 radical (unpaired) electrons. The summed E-state index contributed by atoms with van der Waals surface area (Å²) in [6.45, 7) is 0.508. The highest BCUT2D eigenvalue weighted by Gasteiger charge is 2.34. The smallest absolute Gasteiger partial charge is 0.328 e. The van der Waals surface area contributed by atoms with Crippen LogP contribution in [0.15, 0.2) is 16.5 Å². The van der Waals surface area contributed by atoms with Gasteiger partial charge < -0.3 is 19.2 Å². The van der Waals surface area contributed by atoms with Gasteiger partial charge in [0.1, 0.15) is 0 Å². The molecule has 0 aromatic carbocycles. The summed E-state index contributed by atoms with van der Waals surface area (Å²) in [4.78, 5) is 24.2. The Morgan fingerprint density at radius 3 is 2.82 bits per heavy atom. The van der Waals surface area contributed by atoms with Crippen LogP contribution in [0.4, 0.5) is 0 Å². The van der Waals surface area contributed by atoms with E-state index in [2.05, 4.69) is 0 Å². The normalized spacial score (nSPS) is 20.3. The Kier molecular flexibility index (Phi) is 3.35. The van der Waals surface area contributed by atoms with E-state index >= 15 is 0 Å². The molecule has 6 nitrogen and oxygen atoms in total. The lowest BCUT2D eigenvalue weighted by molar-refractivity contribution is -0.147. The molecule has 7 heteroatoms. The Morgan fingerprint density at radius 1 is 1.47 bits per heavy atom. The number of aliphatic carboxylic acids is 1. The van der Waals surface area contributed by atoms with Crippen LogP contribution in [0.3, 0.4) is 0 Å². The third-order valence-corrected chi connectivity index (χ3v) is 2.66. The van der Waals surface area contributed by atoms with Gasteiger partial charge in [0, 0.05) is 6.54 Å². The van der Waals surface area contributed by atoms with Crippen LogP contribution < -0.4 is 0 Å². The lowest BCUT2D eigenvalue weighted by atomic mass is 10.2. The van der Waals surface area contributed by atoms with Crippen LogP contribution in [0.5, 0.6) is 0 Å². The maximum absolute atomic E-state index is 12.0. The molecular weight excluding hydrogens is 250 g/mol. The highest BCUT2D eigenvalue weighted by atomic mass is 35.5. The van der Waals surface area contributed by atoms with E-state index in [4.69, 9.17) is 25.9 Å². The molecule has 1 amide bonds. The fourth-order valence-electron chi connectivity index (χ4n) is 1.62. The van der Waals surface area contributed by atoms with E-state index in [1.807, 2.05) is 0 Å². The van der Waals surface area contributed by atoms with Crippen LogP contribution in [0, 0.1) is 0 Å². The minimum absolute atomic E-state index is 0.0183. The molecule has 2 heterocycles. The summed E-state index contributed by atoms with van der Waals surface area (Å²) in [6.07, 6.45) is 0. The van der Waals surface area contributed by atoms with Crippen molar-refractivity contribution in [3.63, 3.8) is 0 Å². The minimum Gasteiger partial charge on any atom is -0.480 e. The van der Waals surface area contributed by atoms with Gasteiger partial charge in [-0.2, -0.15) is 0 Å². The van der Waals surface area contributed by atoms with Crippen molar-refractivity contribution in [2.24, 2.45) is 0 Å². The third kappa shape index (κ3) is 2.42. The van der Waals surface area contributed by atoms with Crippen LogP contribution in [0.1, 0.15) is 10.6 Å². The Balaban J connectivity index is 2.19. The second kappa shape index (κ2) is 4.77. The van der Waals surface area contributed by atoms with Crippen LogP contribution >= 0.6 is 11.6 Å². The van der Waals surface area contributed by atoms with Gasteiger partial charge in [0.05, 0.1) is 13.2 Å². The van der Waals surface area contributed by atoms with E-state index in [0.717, 1.165) is 0 Å². The molecule has 0 bridgehead atoms. The molecule has 1 N–H and O–H groups in total. The van der Waals surface area contributed by atoms with Crippen molar-refractivity contribution in [2.45, 2.75) is 6.04 Å². The third-order valence-electron chi connectivity index (χ3n) is 2.46. The SMILES string of the molecule is O=C(O)C1COCCN1C(=O)c1ccc(Cl)o1. The number of furan rings is 1. The predicted octanol–water partition coefficient (Wildman–Crippen LogP) is 0.859. The number of ether oxygens (including phenoxy) is 1. The molecule has 0 spiro atoms. The minimum atomic E-state index is -1.10. The summed E-state index contributed by atoms with van der Waals surface area (Å²) in [5, 5.41) is 9.07. The summed E-state index contributed by atoms with van der Waals surface area (Å²) >= 11 is 5.56. The van der Waals surface area contributed by atoms with Crippen molar-refractivity contribution in [3.8, 4) is 0 Å². The first-order chi connectivity index (χ1) is 8.09. The highest BCUT2D eigenvalue weighted by molar-refractivity contribution is 6.29. The number of amides is 1. The molecule has 0 saturated carbocycles. The van der Waals surface area contributed by atoms with E-state index in [1.54, 1.807) is 0 Å². The Bertz CT molecular complexity index is 444. The van der Waals surface area contributed by atoms with Gasteiger partial charge in [-0.25, -0.2) is 4.79 Å². The molecule has 2 rings (SSSR count). The molecule has 1 aromatic heterocycles. The van der Waals surface area contributed by atoms with Crippen molar-refractivity contribution in [2.75, 3.05) is 19.8 Å². The summed E-state index contributed by atoms with van der Waals surface area (Å²) < 4.78 is 10.0. The number of hydrogen-bond donors (Lipinski definition) is 1. The molecule has 1 atom stereocenters. The standard InChI is InChI=1S/C10H10ClNO5/c11-8-2-1-7(17-8)9(13)12-3-4-16-5-6(12)10(14)15/h1-2,6H,3-5H2,(H,14,15). The molecule has 1 fully saturated rings. The zero-order chi connectivity index (χ0) is 12.4. The van der Waals surface area contributed by atoms with E-state index in [1.165, 1.54) is 17.0 Å². The Morgan fingerprint density at radius 2 is 2.24 bits per heavy atom. The van der Waals surface area contributed by atoms with E-state index in [-0.39, 0.29) is 24.1 Å². The van der Waals surface area contributed by atoms with Gasteiger partial charge in [0.15, 0.2) is 17.0 Å². The molecule has 1 aromatic rings. The van der Waals surface area contributed by atoms with E-state index in [9.17, 15) is 9.59 Å². The Hall–Kier alpha value is -1.53. The zero-order valence-electron chi connectivity index (χ0n) is 8.76. The number of rotatable bonds is 2. The average Bonchev–Trinajstić information content (AvgIpc) is 2.75. The molecule has 0 aliphatic carbocycles. The van der Waals surface area contributed by atoms with Crippen LogP contribution in [0.2, 0.25) is 5.22 Å². The van der Waals surface area contributed by atoms with Crippen LogP contribution in [0.25, 0.3) is 0 Å². The number of carboxylic acid groups (broad SMARTS) is 1. The average molecular weight is 260 g/mol. The van der Waals surface area contributed by atoms with Gasteiger partial charge in [-0.1, -0.05) is 0 Å². The second-order valence-electron chi connectivity index (χ2n) is 3.53. The summed E-state index contributed by atoms with van der Waals surface area (Å²) in [5.41, 5.74) is 0. The molecule has 92 valence electrons. The van der Waals surface area contributed by atoms with Gasteiger partial charge in [0.25, 0.3) is 5.91 Å². The summed E-state index contributed by atoms with van der Waals surface area (Å²) in [6, 6.07) is 1.87. The van der Waals surface area contributed by atoms with Gasteiger partial charge >= 0.3 is 5.97 Å². The van der Waals surface area contributed by atoms with Gasteiger partial charge in [-0.15, -0.1) is 0 Å². The number of carboxylic acids is 1. The van der Waals surface area contributed by atoms with Gasteiger partial charge in [0.2, 0.25) is 0 Å². The van der Waals surface area contributed by atoms with Crippen molar-refractivity contribution < 1.29 is 23.8 Å². The second-order valence-corrected chi connectivity index (χ2v) is 3.90. The maximum atomic E-state index is 12.0. The number of carbonyl (C=O) groups excluding carboxylic acids is 1. The first kappa shape index (κ1) is 11.9. The zero-order valence-corrected chi connectivity index (χ0v) is 9.51. The quantitative estimate of drug-likeness (QED) is 0.852. The van der Waals surface area contributed by atoms with E-state index in [0.29, 0.717) is 6.61 Å². The lowest BCUT2D eigenvalue weighted by Crippen LogP contribution is -2.52. The fourth-order valence-corrected chi connectivity index (χ4v) is 1.77. The highest BCUT2D eigenvalue weighted by Crippen LogP contribution is 2.17. The topological polar surface area (TPSA) is 80.0 Å². The van der Waals surface area contributed by atoms with Crippen LogP contribution in [-0.2, 0) is 9.53 Å². The Labute approximate surface area is 102 Å². The molecule has 17 heavy (non-hydrogen) atoms. The molecule has 1 aliphatic heterocycles. The monoisotopic (exact) mass is 259 g/mol. The number of hydrogen-bond acceptors (Lipinski definition) is 4. The van der Waals surface area contributed by atoms with Gasteiger partial charge in [-0.05, 0) is 23.7 Å². The number of halogens is 1. The summed E-state index contributed by atoms with van der Waals surface area (Å²) in [5.74, 6) is -1.56. The first-order valence-electron chi connectivity index (χ1n) is 4.96. The summed E-state index contributed by atoms with van der Waals surface area (Å²) in [7, 11) is 0. The fraction of sp³-hybridized carbons (Fsp3) is 0.400.